The highest BCUT2D eigenvalue weighted by Gasteiger charge is 2.14. The summed E-state index contributed by atoms with van der Waals surface area (Å²) in [5.41, 5.74) is 2.29. The number of hydrogen-bond donors (Lipinski definition) is 1. The SMILES string of the molecule is Cc1cccc(C)[n+]1CC(O)CCl. The zero-order valence-corrected chi connectivity index (χ0v) is 8.75. The van der Waals surface area contributed by atoms with Crippen LogP contribution in [-0.2, 0) is 6.54 Å². The Hall–Kier alpha value is -0.600. The van der Waals surface area contributed by atoms with E-state index in [2.05, 4.69) is 4.57 Å². The maximum atomic E-state index is 9.41. The highest BCUT2D eigenvalue weighted by molar-refractivity contribution is 6.18. The van der Waals surface area contributed by atoms with E-state index >= 15 is 0 Å². The average Bonchev–Trinajstić information content (AvgIpc) is 2.11. The van der Waals surface area contributed by atoms with Crippen molar-refractivity contribution in [3.63, 3.8) is 0 Å². The molecule has 0 fully saturated rings. The molecule has 0 saturated carbocycles. The Labute approximate surface area is 83.8 Å². The smallest absolute Gasteiger partial charge is 0.178 e. The molecule has 0 aliphatic heterocycles. The fourth-order valence-corrected chi connectivity index (χ4v) is 1.43. The fourth-order valence-electron chi connectivity index (χ4n) is 1.33. The maximum absolute atomic E-state index is 9.41. The van der Waals surface area contributed by atoms with Gasteiger partial charge in [-0.15, -0.1) is 11.6 Å². The minimum atomic E-state index is -0.466. The molecule has 0 aromatic carbocycles. The second-order valence-electron chi connectivity index (χ2n) is 3.23. The number of aliphatic hydroxyl groups excluding tert-OH is 1. The number of hydrogen-bond acceptors (Lipinski definition) is 1. The largest absolute Gasteiger partial charge is 0.385 e. The Morgan fingerprint density at radius 3 is 2.38 bits per heavy atom. The third kappa shape index (κ3) is 2.68. The van der Waals surface area contributed by atoms with Gasteiger partial charge in [-0.2, -0.15) is 4.57 Å². The van der Waals surface area contributed by atoms with Gasteiger partial charge >= 0.3 is 0 Å². The molecule has 1 aromatic heterocycles. The van der Waals surface area contributed by atoms with E-state index in [1.54, 1.807) is 0 Å². The number of nitrogens with zero attached hydrogens (tertiary/aromatic N) is 1. The van der Waals surface area contributed by atoms with E-state index in [1.165, 1.54) is 0 Å². The van der Waals surface area contributed by atoms with Crippen molar-refractivity contribution in [2.24, 2.45) is 0 Å². The van der Waals surface area contributed by atoms with Gasteiger partial charge in [-0.05, 0) is 6.07 Å². The van der Waals surface area contributed by atoms with Crippen LogP contribution in [0.1, 0.15) is 11.4 Å². The van der Waals surface area contributed by atoms with Gasteiger partial charge in [0.1, 0.15) is 6.10 Å². The Balaban J connectivity index is 2.87. The van der Waals surface area contributed by atoms with Gasteiger partial charge in [0.25, 0.3) is 0 Å². The monoisotopic (exact) mass is 200 g/mol. The first-order chi connectivity index (χ1) is 6.15. The molecular formula is C10H15ClNO+. The molecule has 0 saturated heterocycles. The molecule has 0 amide bonds. The molecule has 72 valence electrons. The molecule has 2 nitrogen and oxygen atoms in total. The molecule has 1 atom stereocenters. The molecule has 0 bridgehead atoms. The van der Waals surface area contributed by atoms with Crippen LogP contribution in [0.5, 0.6) is 0 Å². The topological polar surface area (TPSA) is 24.1 Å². The molecule has 13 heavy (non-hydrogen) atoms. The summed E-state index contributed by atoms with van der Waals surface area (Å²) in [4.78, 5) is 0. The van der Waals surface area contributed by atoms with Gasteiger partial charge in [0.15, 0.2) is 17.9 Å². The number of aryl methyl sites for hydroxylation is 2. The maximum Gasteiger partial charge on any atom is 0.178 e. The quantitative estimate of drug-likeness (QED) is 0.575. The Kier molecular flexibility index (Phi) is 3.70. The first-order valence-electron chi connectivity index (χ1n) is 4.35. The molecule has 0 radical (unpaired) electrons. The van der Waals surface area contributed by atoms with Crippen molar-refractivity contribution in [1.29, 1.82) is 0 Å². The van der Waals surface area contributed by atoms with E-state index in [9.17, 15) is 5.11 Å². The van der Waals surface area contributed by atoms with Crippen molar-refractivity contribution in [3.8, 4) is 0 Å². The number of rotatable bonds is 3. The summed E-state index contributed by atoms with van der Waals surface area (Å²) in [5.74, 6) is 0.279. The Morgan fingerprint density at radius 2 is 1.92 bits per heavy atom. The molecular weight excluding hydrogens is 186 g/mol. The zero-order valence-electron chi connectivity index (χ0n) is 8.00. The summed E-state index contributed by atoms with van der Waals surface area (Å²) < 4.78 is 2.06. The molecule has 1 rings (SSSR count). The summed E-state index contributed by atoms with van der Waals surface area (Å²) in [6, 6.07) is 6.05. The first-order valence-corrected chi connectivity index (χ1v) is 4.88. The third-order valence-electron chi connectivity index (χ3n) is 2.10. The van der Waals surface area contributed by atoms with Gasteiger partial charge in [-0.3, -0.25) is 0 Å². The van der Waals surface area contributed by atoms with Crippen LogP contribution in [0.3, 0.4) is 0 Å². The van der Waals surface area contributed by atoms with E-state index in [-0.39, 0.29) is 5.88 Å². The van der Waals surface area contributed by atoms with Crippen LogP contribution >= 0.6 is 11.6 Å². The van der Waals surface area contributed by atoms with Gasteiger partial charge in [0, 0.05) is 26.0 Å². The van der Waals surface area contributed by atoms with Crippen molar-refractivity contribution in [2.45, 2.75) is 26.5 Å². The Morgan fingerprint density at radius 1 is 1.38 bits per heavy atom. The van der Waals surface area contributed by atoms with Crippen LogP contribution in [0.4, 0.5) is 0 Å². The standard InChI is InChI=1S/C10H15ClNO/c1-8-4-3-5-9(2)12(8)7-10(13)6-11/h3-5,10,13H,6-7H2,1-2H3/q+1. The summed E-state index contributed by atoms with van der Waals surface area (Å²) in [5, 5.41) is 9.41. The van der Waals surface area contributed by atoms with Crippen LogP contribution in [-0.4, -0.2) is 17.1 Å². The van der Waals surface area contributed by atoms with Crippen LogP contribution in [0, 0.1) is 13.8 Å². The summed E-state index contributed by atoms with van der Waals surface area (Å²) >= 11 is 5.54. The minimum absolute atomic E-state index is 0.279. The molecule has 1 N–H and O–H groups in total. The van der Waals surface area contributed by atoms with Crippen molar-refractivity contribution in [1.82, 2.24) is 0 Å². The summed E-state index contributed by atoms with van der Waals surface area (Å²) in [7, 11) is 0. The number of alkyl halides is 1. The van der Waals surface area contributed by atoms with E-state index in [0.29, 0.717) is 6.54 Å². The lowest BCUT2D eigenvalue weighted by Crippen LogP contribution is -2.45. The highest BCUT2D eigenvalue weighted by atomic mass is 35.5. The first kappa shape index (κ1) is 10.5. The molecule has 0 aliphatic carbocycles. The second kappa shape index (κ2) is 4.58. The molecule has 0 spiro atoms. The van der Waals surface area contributed by atoms with Crippen molar-refractivity contribution in [2.75, 3.05) is 5.88 Å². The zero-order chi connectivity index (χ0) is 9.84. The van der Waals surface area contributed by atoms with Crippen LogP contribution in [0.25, 0.3) is 0 Å². The van der Waals surface area contributed by atoms with E-state index in [1.807, 2.05) is 32.0 Å². The van der Waals surface area contributed by atoms with E-state index in [4.69, 9.17) is 11.6 Å². The molecule has 0 aliphatic rings. The number of aromatic nitrogens is 1. The van der Waals surface area contributed by atoms with Gasteiger partial charge in [-0.25, -0.2) is 0 Å². The van der Waals surface area contributed by atoms with Gasteiger partial charge in [0.2, 0.25) is 0 Å². The normalized spacial score (nSPS) is 12.9. The highest BCUT2D eigenvalue weighted by Crippen LogP contribution is 1.96. The predicted molar refractivity (Wildman–Crippen MR) is 52.8 cm³/mol. The van der Waals surface area contributed by atoms with Gasteiger partial charge in [-0.1, -0.05) is 0 Å². The van der Waals surface area contributed by atoms with Crippen LogP contribution in [0.2, 0.25) is 0 Å². The van der Waals surface area contributed by atoms with Crippen molar-refractivity contribution >= 4 is 11.6 Å². The molecule has 1 heterocycles. The fraction of sp³-hybridized carbons (Fsp3) is 0.500. The van der Waals surface area contributed by atoms with E-state index in [0.717, 1.165) is 11.4 Å². The molecule has 1 aromatic rings. The number of aliphatic hydroxyl groups is 1. The summed E-state index contributed by atoms with van der Waals surface area (Å²) in [6.45, 7) is 4.61. The van der Waals surface area contributed by atoms with Gasteiger partial charge < -0.3 is 5.11 Å². The molecule has 1 unspecified atom stereocenters. The number of halogens is 1. The third-order valence-corrected chi connectivity index (χ3v) is 2.45. The number of pyridine rings is 1. The lowest BCUT2D eigenvalue weighted by Gasteiger charge is -2.06. The predicted octanol–water partition coefficient (Wildman–Crippen LogP) is 1.19. The van der Waals surface area contributed by atoms with E-state index < -0.39 is 6.10 Å². The lowest BCUT2D eigenvalue weighted by atomic mass is 10.2. The lowest BCUT2D eigenvalue weighted by molar-refractivity contribution is -0.714. The second-order valence-corrected chi connectivity index (χ2v) is 3.54. The molecule has 3 heteroatoms. The van der Waals surface area contributed by atoms with Crippen molar-refractivity contribution < 1.29 is 9.67 Å². The van der Waals surface area contributed by atoms with Gasteiger partial charge in [0.05, 0.1) is 5.88 Å². The Bertz CT molecular complexity index is 268. The van der Waals surface area contributed by atoms with Crippen molar-refractivity contribution in [3.05, 3.63) is 29.6 Å². The van der Waals surface area contributed by atoms with Crippen LogP contribution < -0.4 is 4.57 Å². The minimum Gasteiger partial charge on any atom is -0.385 e. The average molecular weight is 201 g/mol. The van der Waals surface area contributed by atoms with Crippen LogP contribution in [0.15, 0.2) is 18.2 Å². The summed E-state index contributed by atoms with van der Waals surface area (Å²) in [6.07, 6.45) is -0.466.